The Kier molecular flexibility index (Phi) is 6.43. The van der Waals surface area contributed by atoms with E-state index >= 15 is 0 Å². The maximum absolute atomic E-state index is 13.5. The first-order valence-corrected chi connectivity index (χ1v) is 9.57. The van der Waals surface area contributed by atoms with Crippen LogP contribution in [0.2, 0.25) is 0 Å². The van der Waals surface area contributed by atoms with E-state index < -0.39 is 17.8 Å². The second-order valence-electron chi connectivity index (χ2n) is 7.55. The zero-order chi connectivity index (χ0) is 21.9. The summed E-state index contributed by atoms with van der Waals surface area (Å²) in [5, 5.41) is 4.00. The minimum atomic E-state index is -4.45. The molecule has 0 aliphatic carbocycles. The highest BCUT2D eigenvalue weighted by atomic mass is 19.4. The molecular weight excluding hydrogens is 400 g/mol. The van der Waals surface area contributed by atoms with Gasteiger partial charge in [0.15, 0.2) is 6.10 Å². The maximum atomic E-state index is 13.5. The molecule has 0 spiro atoms. The Morgan fingerprint density at radius 3 is 2.60 bits per heavy atom. The van der Waals surface area contributed by atoms with E-state index in [0.29, 0.717) is 23.3 Å². The Bertz CT molecular complexity index is 941. The number of hydrogen-bond acceptors (Lipinski definition) is 3. The number of halogens is 4. The second-order valence-corrected chi connectivity index (χ2v) is 7.55. The number of rotatable bonds is 6. The van der Waals surface area contributed by atoms with E-state index in [2.05, 4.69) is 5.16 Å². The smallest absolute Gasteiger partial charge is 0.390 e. The Labute approximate surface area is 172 Å². The van der Waals surface area contributed by atoms with Gasteiger partial charge in [-0.2, -0.15) is 13.2 Å². The molecule has 2 aromatic carbocycles. The molecule has 1 aliphatic rings. The van der Waals surface area contributed by atoms with Gasteiger partial charge in [0.25, 0.3) is 0 Å². The summed E-state index contributed by atoms with van der Waals surface area (Å²) in [7, 11) is 0. The fourth-order valence-corrected chi connectivity index (χ4v) is 3.27. The van der Waals surface area contributed by atoms with Gasteiger partial charge >= 0.3 is 6.18 Å². The lowest BCUT2D eigenvalue weighted by Gasteiger charge is -2.27. The Hall–Kier alpha value is -2.90. The standard InChI is InChI=1S/C22H22F4N2O2/c1-14(2)21(29)28(12-15-5-3-7-17(9-15)22(24,25)26)13-19-11-20(27-30-19)16-6-4-8-18(23)10-16/h3-10,14,19H,11-13H2,1-2H3/t19-/m0/s1. The molecule has 8 heteroatoms. The van der Waals surface area contributed by atoms with Gasteiger partial charge in [0.05, 0.1) is 17.8 Å². The van der Waals surface area contributed by atoms with Crippen molar-refractivity contribution in [3.8, 4) is 0 Å². The van der Waals surface area contributed by atoms with Gasteiger partial charge in [-0.05, 0) is 29.8 Å². The van der Waals surface area contributed by atoms with Crippen molar-refractivity contribution in [2.45, 2.75) is 39.1 Å². The summed E-state index contributed by atoms with van der Waals surface area (Å²) in [4.78, 5) is 19.6. The zero-order valence-corrected chi connectivity index (χ0v) is 16.6. The van der Waals surface area contributed by atoms with Crippen LogP contribution in [0, 0.1) is 11.7 Å². The summed E-state index contributed by atoms with van der Waals surface area (Å²) < 4.78 is 52.5. The highest BCUT2D eigenvalue weighted by molar-refractivity contribution is 6.01. The van der Waals surface area contributed by atoms with Gasteiger partial charge in [-0.15, -0.1) is 0 Å². The van der Waals surface area contributed by atoms with E-state index in [-0.39, 0.29) is 30.7 Å². The van der Waals surface area contributed by atoms with E-state index in [1.54, 1.807) is 32.0 Å². The van der Waals surface area contributed by atoms with E-state index in [1.807, 2.05) is 0 Å². The van der Waals surface area contributed by atoms with Crippen molar-refractivity contribution in [2.24, 2.45) is 11.1 Å². The monoisotopic (exact) mass is 422 g/mol. The topological polar surface area (TPSA) is 41.9 Å². The summed E-state index contributed by atoms with van der Waals surface area (Å²) >= 11 is 0. The van der Waals surface area contributed by atoms with Crippen LogP contribution in [0.1, 0.15) is 37.0 Å². The van der Waals surface area contributed by atoms with Crippen LogP contribution in [0.4, 0.5) is 17.6 Å². The number of benzene rings is 2. The molecule has 0 fully saturated rings. The third-order valence-electron chi connectivity index (χ3n) is 4.75. The van der Waals surface area contributed by atoms with Gasteiger partial charge in [-0.3, -0.25) is 4.79 Å². The van der Waals surface area contributed by atoms with Crippen molar-refractivity contribution in [1.82, 2.24) is 4.90 Å². The van der Waals surface area contributed by atoms with Gasteiger partial charge in [0.1, 0.15) is 5.82 Å². The molecule has 0 saturated heterocycles. The second kappa shape index (κ2) is 8.85. The number of oxime groups is 1. The largest absolute Gasteiger partial charge is 0.416 e. The summed E-state index contributed by atoms with van der Waals surface area (Å²) in [5.74, 6) is -0.921. The normalized spacial score (nSPS) is 16.4. The lowest BCUT2D eigenvalue weighted by molar-refractivity contribution is -0.137. The molecule has 0 radical (unpaired) electrons. The molecule has 1 heterocycles. The third kappa shape index (κ3) is 5.37. The first-order valence-electron chi connectivity index (χ1n) is 9.57. The highest BCUT2D eigenvalue weighted by Crippen LogP contribution is 2.30. The summed E-state index contributed by atoms with van der Waals surface area (Å²) in [6.07, 6.45) is -4.55. The number of carbonyl (C=O) groups excluding carboxylic acids is 1. The van der Waals surface area contributed by atoms with Crippen molar-refractivity contribution in [3.63, 3.8) is 0 Å². The number of nitrogens with zero attached hydrogens (tertiary/aromatic N) is 2. The molecule has 0 unspecified atom stereocenters. The van der Waals surface area contributed by atoms with Crippen LogP contribution in [0.5, 0.6) is 0 Å². The molecule has 160 valence electrons. The summed E-state index contributed by atoms with van der Waals surface area (Å²) in [6, 6.07) is 10.9. The number of alkyl halides is 3. The Morgan fingerprint density at radius 1 is 1.20 bits per heavy atom. The molecule has 1 atom stereocenters. The number of hydrogen-bond donors (Lipinski definition) is 0. The minimum absolute atomic E-state index is 0.0239. The molecule has 30 heavy (non-hydrogen) atoms. The molecule has 0 N–H and O–H groups in total. The summed E-state index contributed by atoms with van der Waals surface area (Å²) in [5.41, 5.74) is 0.779. The molecule has 0 saturated carbocycles. The lowest BCUT2D eigenvalue weighted by Crippen LogP contribution is -2.39. The van der Waals surface area contributed by atoms with Crippen molar-refractivity contribution >= 4 is 11.6 Å². The molecule has 4 nitrogen and oxygen atoms in total. The van der Waals surface area contributed by atoms with Gasteiger partial charge in [-0.25, -0.2) is 4.39 Å². The quantitative estimate of drug-likeness (QED) is 0.614. The molecule has 1 amide bonds. The molecule has 2 aromatic rings. The summed E-state index contributed by atoms with van der Waals surface area (Å²) in [6.45, 7) is 3.64. The van der Waals surface area contributed by atoms with Crippen LogP contribution in [0.3, 0.4) is 0 Å². The van der Waals surface area contributed by atoms with Crippen molar-refractivity contribution < 1.29 is 27.2 Å². The van der Waals surface area contributed by atoms with Crippen LogP contribution in [-0.2, 0) is 22.4 Å². The molecule has 3 rings (SSSR count). The zero-order valence-electron chi connectivity index (χ0n) is 16.6. The number of carbonyl (C=O) groups is 1. The fourth-order valence-electron chi connectivity index (χ4n) is 3.27. The first kappa shape index (κ1) is 21.8. The molecule has 1 aliphatic heterocycles. The van der Waals surface area contributed by atoms with E-state index in [0.717, 1.165) is 12.1 Å². The van der Waals surface area contributed by atoms with Crippen molar-refractivity contribution in [3.05, 3.63) is 71.0 Å². The molecule has 0 bridgehead atoms. The van der Waals surface area contributed by atoms with E-state index in [1.165, 1.54) is 23.1 Å². The average Bonchev–Trinajstić information content (AvgIpc) is 3.15. The first-order chi connectivity index (χ1) is 14.1. The van der Waals surface area contributed by atoms with Crippen molar-refractivity contribution in [2.75, 3.05) is 6.54 Å². The van der Waals surface area contributed by atoms with Crippen molar-refractivity contribution in [1.29, 1.82) is 0 Å². The SMILES string of the molecule is CC(C)C(=O)N(Cc1cccc(C(F)(F)F)c1)C[C@@H]1CC(c2cccc(F)c2)=NO1. The average molecular weight is 422 g/mol. The van der Waals surface area contributed by atoms with Crippen LogP contribution < -0.4 is 0 Å². The predicted octanol–water partition coefficient (Wildman–Crippen LogP) is 5.02. The number of amides is 1. The maximum Gasteiger partial charge on any atom is 0.416 e. The Morgan fingerprint density at radius 2 is 1.93 bits per heavy atom. The fraction of sp³-hybridized carbons (Fsp3) is 0.364. The van der Waals surface area contributed by atoms with Crippen LogP contribution in [0.15, 0.2) is 53.7 Å². The van der Waals surface area contributed by atoms with Gasteiger partial charge in [-0.1, -0.05) is 43.3 Å². The minimum Gasteiger partial charge on any atom is -0.390 e. The van der Waals surface area contributed by atoms with Crippen LogP contribution >= 0.6 is 0 Å². The van der Waals surface area contributed by atoms with Crippen LogP contribution in [-0.4, -0.2) is 29.2 Å². The Balaban J connectivity index is 1.72. The molecule has 0 aromatic heterocycles. The lowest BCUT2D eigenvalue weighted by atomic mass is 10.0. The van der Waals surface area contributed by atoms with E-state index in [4.69, 9.17) is 4.84 Å². The predicted molar refractivity (Wildman–Crippen MR) is 104 cm³/mol. The highest BCUT2D eigenvalue weighted by Gasteiger charge is 2.31. The van der Waals surface area contributed by atoms with Gasteiger partial charge in [0.2, 0.25) is 5.91 Å². The molecular formula is C22H22F4N2O2. The van der Waals surface area contributed by atoms with Gasteiger partial charge < -0.3 is 9.74 Å². The third-order valence-corrected chi connectivity index (χ3v) is 4.75. The van der Waals surface area contributed by atoms with Crippen LogP contribution in [0.25, 0.3) is 0 Å². The van der Waals surface area contributed by atoms with E-state index in [9.17, 15) is 22.4 Å². The van der Waals surface area contributed by atoms with Gasteiger partial charge in [0, 0.05) is 24.4 Å².